The van der Waals surface area contributed by atoms with E-state index in [1.807, 2.05) is 54.6 Å². The van der Waals surface area contributed by atoms with E-state index in [1.54, 1.807) is 6.26 Å². The highest BCUT2D eigenvalue weighted by molar-refractivity contribution is 6.06. The first kappa shape index (κ1) is 21.0. The van der Waals surface area contributed by atoms with Gasteiger partial charge in [-0.3, -0.25) is 14.5 Å². The zero-order valence-electron chi connectivity index (χ0n) is 18.0. The number of aliphatic carboxylic acids is 1. The molecule has 1 aliphatic rings. The Hall–Kier alpha value is -3.91. The van der Waals surface area contributed by atoms with Crippen molar-refractivity contribution in [2.24, 2.45) is 0 Å². The van der Waals surface area contributed by atoms with Gasteiger partial charge in [-0.15, -0.1) is 0 Å². The monoisotopic (exact) mass is 444 g/mol. The predicted molar refractivity (Wildman–Crippen MR) is 123 cm³/mol. The fraction of sp³-hybridized carbons (Fsp3) is 0.240. The maximum absolute atomic E-state index is 12.4. The van der Waals surface area contributed by atoms with Crippen molar-refractivity contribution in [3.8, 4) is 11.4 Å². The number of rotatable bonds is 8. The molecule has 0 atom stereocenters. The van der Waals surface area contributed by atoms with Crippen LogP contribution in [0.25, 0.3) is 22.4 Å². The van der Waals surface area contributed by atoms with Crippen molar-refractivity contribution < 1.29 is 19.1 Å². The average Bonchev–Trinajstić information content (AvgIpc) is 3.41. The molecule has 2 aromatic heterocycles. The second-order valence-electron chi connectivity index (χ2n) is 8.15. The molecule has 3 heterocycles. The predicted octanol–water partition coefficient (Wildman–Crippen LogP) is 3.52. The number of imidazole rings is 1. The van der Waals surface area contributed by atoms with Crippen LogP contribution in [0.1, 0.15) is 28.1 Å². The van der Waals surface area contributed by atoms with Gasteiger partial charge in [0.1, 0.15) is 11.6 Å². The first-order valence-electron chi connectivity index (χ1n) is 10.9. The fourth-order valence-electron chi connectivity index (χ4n) is 4.29. The molecule has 0 aliphatic carbocycles. The van der Waals surface area contributed by atoms with Crippen molar-refractivity contribution in [3.05, 3.63) is 77.7 Å². The summed E-state index contributed by atoms with van der Waals surface area (Å²) >= 11 is 0. The second kappa shape index (κ2) is 8.91. The van der Waals surface area contributed by atoms with Crippen LogP contribution in [0.5, 0.6) is 0 Å². The highest BCUT2D eigenvalue weighted by Gasteiger charge is 2.21. The van der Waals surface area contributed by atoms with Crippen molar-refractivity contribution in [1.82, 2.24) is 19.8 Å². The summed E-state index contributed by atoms with van der Waals surface area (Å²) in [5.41, 5.74) is 4.36. The maximum Gasteiger partial charge on any atom is 0.304 e. The van der Waals surface area contributed by atoms with E-state index in [9.17, 15) is 9.59 Å². The molecule has 2 aromatic carbocycles. The van der Waals surface area contributed by atoms with Gasteiger partial charge in [-0.2, -0.15) is 0 Å². The number of hydrogen-bond donors (Lipinski definition) is 2. The Morgan fingerprint density at radius 2 is 1.97 bits per heavy atom. The minimum Gasteiger partial charge on any atom is -0.481 e. The standard InChI is InChI=1S/C25H24N4O4/c30-22(31)10-12-28(16-19-3-2-14-33-19)15-17-6-8-18(9-7-17)24-27-21-5-1-4-20-23(21)29(24)13-11-26-25(20)32/h1-9,14H,10-13,15-16H2,(H,26,32)(H,30,31). The molecule has 0 radical (unpaired) electrons. The Kier molecular flexibility index (Phi) is 5.66. The van der Waals surface area contributed by atoms with Crippen molar-refractivity contribution in [1.29, 1.82) is 0 Å². The molecule has 0 saturated carbocycles. The van der Waals surface area contributed by atoms with Crippen molar-refractivity contribution in [3.63, 3.8) is 0 Å². The molecule has 0 saturated heterocycles. The molecule has 4 aromatic rings. The van der Waals surface area contributed by atoms with Crippen LogP contribution in [0, 0.1) is 0 Å². The van der Waals surface area contributed by atoms with Crippen LogP contribution in [0.15, 0.2) is 65.3 Å². The lowest BCUT2D eigenvalue weighted by molar-refractivity contribution is -0.137. The first-order chi connectivity index (χ1) is 16.1. The molecule has 0 spiro atoms. The van der Waals surface area contributed by atoms with E-state index in [2.05, 4.69) is 14.8 Å². The number of carboxylic acids is 1. The SMILES string of the molecule is O=C(O)CCN(Cc1ccc(-c2nc3cccc4c3n2CCNC4=O)cc1)Cc1ccco1. The minimum absolute atomic E-state index is 0.0674. The second-order valence-corrected chi connectivity index (χ2v) is 8.15. The van der Waals surface area contributed by atoms with E-state index in [4.69, 9.17) is 14.5 Å². The number of carbonyl (C=O) groups is 2. The van der Waals surface area contributed by atoms with Gasteiger partial charge in [0.05, 0.1) is 35.8 Å². The number of amides is 1. The van der Waals surface area contributed by atoms with Gasteiger partial charge < -0.3 is 19.4 Å². The number of hydrogen-bond acceptors (Lipinski definition) is 5. The van der Waals surface area contributed by atoms with Crippen LogP contribution in [-0.4, -0.2) is 44.5 Å². The lowest BCUT2D eigenvalue weighted by atomic mass is 10.1. The van der Waals surface area contributed by atoms with Gasteiger partial charge in [0.15, 0.2) is 0 Å². The van der Waals surface area contributed by atoms with Crippen LogP contribution in [-0.2, 0) is 24.4 Å². The quantitative estimate of drug-likeness (QED) is 0.431. The molecule has 0 fully saturated rings. The van der Waals surface area contributed by atoms with Gasteiger partial charge in [0.25, 0.3) is 5.91 Å². The zero-order valence-corrected chi connectivity index (χ0v) is 18.0. The Morgan fingerprint density at radius 3 is 2.73 bits per heavy atom. The fourth-order valence-corrected chi connectivity index (χ4v) is 4.29. The molecule has 33 heavy (non-hydrogen) atoms. The Balaban J connectivity index is 1.40. The van der Waals surface area contributed by atoms with E-state index in [1.165, 1.54) is 0 Å². The Bertz CT molecular complexity index is 1290. The van der Waals surface area contributed by atoms with Crippen LogP contribution in [0.4, 0.5) is 0 Å². The largest absolute Gasteiger partial charge is 0.481 e. The number of nitrogens with zero attached hydrogens (tertiary/aromatic N) is 3. The number of carbonyl (C=O) groups excluding carboxylic acids is 1. The molecule has 2 N–H and O–H groups in total. The molecule has 5 rings (SSSR count). The third kappa shape index (κ3) is 4.38. The van der Waals surface area contributed by atoms with Crippen LogP contribution < -0.4 is 5.32 Å². The summed E-state index contributed by atoms with van der Waals surface area (Å²) in [6.45, 7) is 2.78. The number of nitrogens with one attached hydrogen (secondary N) is 1. The molecular weight excluding hydrogens is 420 g/mol. The van der Waals surface area contributed by atoms with E-state index < -0.39 is 5.97 Å². The van der Waals surface area contributed by atoms with E-state index in [-0.39, 0.29) is 12.3 Å². The normalized spacial score (nSPS) is 13.3. The van der Waals surface area contributed by atoms with Crippen molar-refractivity contribution >= 4 is 22.9 Å². The van der Waals surface area contributed by atoms with Gasteiger partial charge in [0, 0.05) is 31.7 Å². The van der Waals surface area contributed by atoms with Crippen LogP contribution in [0.2, 0.25) is 0 Å². The number of aromatic nitrogens is 2. The van der Waals surface area contributed by atoms with Gasteiger partial charge in [-0.05, 0) is 29.8 Å². The van der Waals surface area contributed by atoms with Crippen molar-refractivity contribution in [2.45, 2.75) is 26.1 Å². The molecule has 8 nitrogen and oxygen atoms in total. The summed E-state index contributed by atoms with van der Waals surface area (Å²) in [4.78, 5) is 30.4. The Morgan fingerprint density at radius 1 is 1.12 bits per heavy atom. The summed E-state index contributed by atoms with van der Waals surface area (Å²) in [6.07, 6.45) is 1.69. The van der Waals surface area contributed by atoms with Gasteiger partial charge in [0.2, 0.25) is 0 Å². The molecule has 1 amide bonds. The van der Waals surface area contributed by atoms with Gasteiger partial charge in [-0.1, -0.05) is 30.3 Å². The molecule has 168 valence electrons. The molecule has 1 aliphatic heterocycles. The smallest absolute Gasteiger partial charge is 0.304 e. The molecule has 0 bridgehead atoms. The molecule has 8 heteroatoms. The average molecular weight is 444 g/mol. The summed E-state index contributed by atoms with van der Waals surface area (Å²) in [7, 11) is 0. The highest BCUT2D eigenvalue weighted by atomic mass is 16.4. The number of benzene rings is 2. The van der Waals surface area contributed by atoms with Crippen LogP contribution >= 0.6 is 0 Å². The lowest BCUT2D eigenvalue weighted by Gasteiger charge is -2.20. The summed E-state index contributed by atoms with van der Waals surface area (Å²) in [6, 6.07) is 17.5. The maximum atomic E-state index is 12.4. The van der Waals surface area contributed by atoms with E-state index in [0.29, 0.717) is 38.3 Å². The number of carboxylic acid groups (broad SMARTS) is 1. The number of para-hydroxylation sites is 1. The lowest BCUT2D eigenvalue weighted by Crippen LogP contribution is -2.25. The third-order valence-corrected chi connectivity index (χ3v) is 5.85. The molecular formula is C25H24N4O4. The van der Waals surface area contributed by atoms with Gasteiger partial charge in [-0.25, -0.2) is 4.98 Å². The highest BCUT2D eigenvalue weighted by Crippen LogP contribution is 2.28. The topological polar surface area (TPSA) is 101 Å². The van der Waals surface area contributed by atoms with Crippen molar-refractivity contribution in [2.75, 3.05) is 13.1 Å². The summed E-state index contributed by atoms with van der Waals surface area (Å²) in [5.74, 6) is 0.742. The summed E-state index contributed by atoms with van der Waals surface area (Å²) < 4.78 is 7.55. The molecule has 0 unspecified atom stereocenters. The zero-order chi connectivity index (χ0) is 22.8. The van der Waals surface area contributed by atoms with E-state index in [0.717, 1.165) is 33.7 Å². The first-order valence-corrected chi connectivity index (χ1v) is 10.9. The van der Waals surface area contributed by atoms with Gasteiger partial charge >= 0.3 is 5.97 Å². The third-order valence-electron chi connectivity index (χ3n) is 5.85. The Labute approximate surface area is 190 Å². The minimum atomic E-state index is -0.821. The van der Waals surface area contributed by atoms with Crippen LogP contribution in [0.3, 0.4) is 0 Å². The number of furan rings is 1. The van der Waals surface area contributed by atoms with E-state index >= 15 is 0 Å². The summed E-state index contributed by atoms with van der Waals surface area (Å²) in [5, 5.41) is 12.0.